The zero-order chi connectivity index (χ0) is 18.0. The van der Waals surface area contributed by atoms with Crippen LogP contribution in [0.25, 0.3) is 10.1 Å². The molecule has 3 amide bonds. The molecule has 0 spiro atoms. The van der Waals surface area contributed by atoms with Crippen LogP contribution in [0.5, 0.6) is 0 Å². The average Bonchev–Trinajstić information content (AvgIpc) is 2.89. The van der Waals surface area contributed by atoms with E-state index >= 15 is 0 Å². The maximum Gasteiger partial charge on any atom is 0.337 e. The molecule has 25 heavy (non-hydrogen) atoms. The Labute approximate surface area is 157 Å². The summed E-state index contributed by atoms with van der Waals surface area (Å²) in [5, 5.41) is 4.23. The fourth-order valence-electron chi connectivity index (χ4n) is 2.22. The Morgan fingerprint density at radius 2 is 1.84 bits per heavy atom. The van der Waals surface area contributed by atoms with Crippen LogP contribution in [0.4, 0.5) is 10.5 Å². The number of rotatable bonds is 2. The molecule has 0 fully saturated rings. The summed E-state index contributed by atoms with van der Waals surface area (Å²) in [5.74, 6) is -0.481. The van der Waals surface area contributed by atoms with Crippen LogP contribution in [0.15, 0.2) is 42.5 Å². The summed E-state index contributed by atoms with van der Waals surface area (Å²) in [4.78, 5) is 24.5. The normalized spacial score (nSPS) is 10.5. The van der Waals surface area contributed by atoms with Gasteiger partial charge >= 0.3 is 6.03 Å². The van der Waals surface area contributed by atoms with E-state index in [2.05, 4.69) is 16.2 Å². The summed E-state index contributed by atoms with van der Waals surface area (Å²) in [6.07, 6.45) is 0. The van der Waals surface area contributed by atoms with Crippen LogP contribution in [-0.4, -0.2) is 11.9 Å². The lowest BCUT2D eigenvalue weighted by atomic mass is 10.2. The summed E-state index contributed by atoms with van der Waals surface area (Å²) in [5.41, 5.74) is 6.22. The zero-order valence-corrected chi connectivity index (χ0v) is 15.4. The van der Waals surface area contributed by atoms with E-state index in [4.69, 9.17) is 23.2 Å². The largest absolute Gasteiger partial charge is 0.337 e. The fraction of sp³-hybridized carbons (Fsp3) is 0.0588. The summed E-state index contributed by atoms with van der Waals surface area (Å²) >= 11 is 13.4. The summed E-state index contributed by atoms with van der Waals surface area (Å²) in [7, 11) is 0. The number of amides is 3. The number of nitrogens with one attached hydrogen (secondary N) is 3. The predicted octanol–water partition coefficient (Wildman–Crippen LogP) is 4.98. The first-order valence-corrected chi connectivity index (χ1v) is 8.83. The number of carbonyl (C=O) groups excluding carboxylic acids is 2. The SMILES string of the molecule is Cc1ccc2c(Cl)c(C(=O)NNC(=O)Nc3cccc(Cl)c3)sc2c1. The van der Waals surface area contributed by atoms with Crippen LogP contribution >= 0.6 is 34.5 Å². The van der Waals surface area contributed by atoms with Crippen molar-refractivity contribution in [3.63, 3.8) is 0 Å². The highest BCUT2D eigenvalue weighted by Gasteiger charge is 2.17. The molecule has 0 saturated carbocycles. The first-order chi connectivity index (χ1) is 11.9. The van der Waals surface area contributed by atoms with Gasteiger partial charge in [0.2, 0.25) is 0 Å². The van der Waals surface area contributed by atoms with Gasteiger partial charge in [0.25, 0.3) is 5.91 Å². The maximum absolute atomic E-state index is 12.3. The van der Waals surface area contributed by atoms with Crippen LogP contribution in [0.1, 0.15) is 15.2 Å². The highest BCUT2D eigenvalue weighted by Crippen LogP contribution is 2.35. The van der Waals surface area contributed by atoms with Crippen molar-refractivity contribution in [1.29, 1.82) is 0 Å². The van der Waals surface area contributed by atoms with Crippen molar-refractivity contribution in [3.05, 3.63) is 63.0 Å². The van der Waals surface area contributed by atoms with E-state index in [9.17, 15) is 9.59 Å². The minimum Gasteiger partial charge on any atom is -0.307 e. The van der Waals surface area contributed by atoms with Crippen molar-refractivity contribution >= 4 is 62.3 Å². The number of fused-ring (bicyclic) bond motifs is 1. The van der Waals surface area contributed by atoms with Gasteiger partial charge in [-0.2, -0.15) is 0 Å². The van der Waals surface area contributed by atoms with E-state index in [1.807, 2.05) is 25.1 Å². The molecule has 128 valence electrons. The number of hydrazine groups is 1. The molecule has 1 aromatic heterocycles. The molecule has 0 aliphatic heterocycles. The number of hydrogen-bond donors (Lipinski definition) is 3. The van der Waals surface area contributed by atoms with E-state index in [0.29, 0.717) is 20.6 Å². The van der Waals surface area contributed by atoms with Crippen LogP contribution < -0.4 is 16.2 Å². The molecular formula is C17H13Cl2N3O2S. The van der Waals surface area contributed by atoms with Gasteiger partial charge < -0.3 is 5.32 Å². The van der Waals surface area contributed by atoms with Gasteiger partial charge in [-0.15, -0.1) is 11.3 Å². The van der Waals surface area contributed by atoms with E-state index in [0.717, 1.165) is 15.6 Å². The molecule has 0 unspecified atom stereocenters. The molecule has 5 nitrogen and oxygen atoms in total. The molecule has 1 heterocycles. The Morgan fingerprint density at radius 3 is 2.60 bits per heavy atom. The predicted molar refractivity (Wildman–Crippen MR) is 103 cm³/mol. The topological polar surface area (TPSA) is 70.2 Å². The smallest absolute Gasteiger partial charge is 0.307 e. The van der Waals surface area contributed by atoms with Gasteiger partial charge in [-0.3, -0.25) is 10.2 Å². The van der Waals surface area contributed by atoms with Crippen molar-refractivity contribution in [2.45, 2.75) is 6.92 Å². The molecule has 0 bridgehead atoms. The van der Waals surface area contributed by atoms with Crippen molar-refractivity contribution in [2.24, 2.45) is 0 Å². The van der Waals surface area contributed by atoms with Crippen LogP contribution in [0.2, 0.25) is 10.0 Å². The zero-order valence-electron chi connectivity index (χ0n) is 13.0. The minimum atomic E-state index is -0.594. The van der Waals surface area contributed by atoms with E-state index in [1.54, 1.807) is 24.3 Å². The number of thiophene rings is 1. The second kappa shape index (κ2) is 7.31. The highest BCUT2D eigenvalue weighted by molar-refractivity contribution is 7.21. The number of halogens is 2. The van der Waals surface area contributed by atoms with Crippen LogP contribution in [0, 0.1) is 6.92 Å². The Kier molecular flexibility index (Phi) is 5.13. The maximum atomic E-state index is 12.3. The standard InChI is InChI=1S/C17H13Cl2N3O2S/c1-9-5-6-12-13(7-9)25-15(14(12)19)16(23)21-22-17(24)20-11-4-2-3-10(18)8-11/h2-8H,1H3,(H,21,23)(H2,20,22,24). The highest BCUT2D eigenvalue weighted by atomic mass is 35.5. The second-order valence-corrected chi connectivity index (χ2v) is 7.15. The number of hydrogen-bond acceptors (Lipinski definition) is 3. The Hall–Kier alpha value is -2.28. The fourth-order valence-corrected chi connectivity index (χ4v) is 3.92. The lowest BCUT2D eigenvalue weighted by molar-refractivity contribution is 0.0942. The van der Waals surface area contributed by atoms with Crippen molar-refractivity contribution in [2.75, 3.05) is 5.32 Å². The Morgan fingerprint density at radius 1 is 1.04 bits per heavy atom. The van der Waals surface area contributed by atoms with Gasteiger partial charge in [0.15, 0.2) is 0 Å². The van der Waals surface area contributed by atoms with Crippen LogP contribution in [-0.2, 0) is 0 Å². The van der Waals surface area contributed by atoms with Crippen molar-refractivity contribution in [3.8, 4) is 0 Å². The monoisotopic (exact) mass is 393 g/mol. The molecular weight excluding hydrogens is 381 g/mol. The van der Waals surface area contributed by atoms with E-state index in [1.165, 1.54) is 11.3 Å². The van der Waals surface area contributed by atoms with Gasteiger partial charge in [0, 0.05) is 20.8 Å². The van der Waals surface area contributed by atoms with Crippen LogP contribution in [0.3, 0.4) is 0 Å². The third kappa shape index (κ3) is 4.04. The molecule has 3 N–H and O–H groups in total. The van der Waals surface area contributed by atoms with Gasteiger partial charge in [-0.05, 0) is 36.8 Å². The summed E-state index contributed by atoms with van der Waals surface area (Å²) in [6, 6.07) is 11.8. The average molecular weight is 394 g/mol. The second-order valence-electron chi connectivity index (χ2n) is 5.29. The molecule has 8 heteroatoms. The third-order valence-corrected chi connectivity index (χ3v) is 5.25. The van der Waals surface area contributed by atoms with E-state index < -0.39 is 11.9 Å². The third-order valence-electron chi connectivity index (χ3n) is 3.36. The van der Waals surface area contributed by atoms with Gasteiger partial charge in [-0.25, -0.2) is 10.2 Å². The van der Waals surface area contributed by atoms with Gasteiger partial charge in [0.05, 0.1) is 5.02 Å². The first kappa shape index (κ1) is 17.5. The molecule has 3 aromatic rings. The minimum absolute atomic E-state index is 0.338. The Balaban J connectivity index is 1.66. The molecule has 0 saturated heterocycles. The Bertz CT molecular complexity index is 972. The number of urea groups is 1. The first-order valence-electron chi connectivity index (χ1n) is 7.25. The number of benzene rings is 2. The molecule has 0 aliphatic carbocycles. The summed E-state index contributed by atoms with van der Waals surface area (Å²) in [6.45, 7) is 1.97. The van der Waals surface area contributed by atoms with Crippen molar-refractivity contribution < 1.29 is 9.59 Å². The van der Waals surface area contributed by atoms with Gasteiger partial charge in [0.1, 0.15) is 4.88 Å². The summed E-state index contributed by atoms with van der Waals surface area (Å²) < 4.78 is 0.915. The molecule has 0 atom stereocenters. The number of aryl methyl sites for hydroxylation is 1. The molecule has 3 rings (SSSR count). The number of anilines is 1. The molecule has 0 aliphatic rings. The lowest BCUT2D eigenvalue weighted by Gasteiger charge is -2.08. The quantitative estimate of drug-likeness (QED) is 0.537. The lowest BCUT2D eigenvalue weighted by Crippen LogP contribution is -2.43. The number of carbonyl (C=O) groups is 2. The van der Waals surface area contributed by atoms with Gasteiger partial charge in [-0.1, -0.05) is 41.4 Å². The van der Waals surface area contributed by atoms with Crippen molar-refractivity contribution in [1.82, 2.24) is 10.9 Å². The molecule has 2 aromatic carbocycles. The molecule has 0 radical (unpaired) electrons. The van der Waals surface area contributed by atoms with E-state index in [-0.39, 0.29) is 0 Å².